The highest BCUT2D eigenvalue weighted by Crippen LogP contribution is 2.31. The van der Waals surface area contributed by atoms with Gasteiger partial charge in [0.1, 0.15) is 0 Å². The number of rotatable bonds is 4. The summed E-state index contributed by atoms with van der Waals surface area (Å²) in [6.45, 7) is 4.52. The van der Waals surface area contributed by atoms with Crippen LogP contribution in [0.15, 0.2) is 35.1 Å². The quantitative estimate of drug-likeness (QED) is 0.786. The number of benzene rings is 1. The Bertz CT molecular complexity index is 1060. The first-order valence-electron chi connectivity index (χ1n) is 8.88. The molecule has 0 atom stereocenters. The van der Waals surface area contributed by atoms with Gasteiger partial charge in [-0.3, -0.25) is 14.3 Å². The van der Waals surface area contributed by atoms with Gasteiger partial charge in [-0.05, 0) is 32.8 Å². The van der Waals surface area contributed by atoms with Crippen molar-refractivity contribution in [2.75, 3.05) is 0 Å². The average Bonchev–Trinajstić information content (AvgIpc) is 3.42. The smallest absolute Gasteiger partial charge is 0.255 e. The molecule has 0 bridgehead atoms. The van der Waals surface area contributed by atoms with Crippen molar-refractivity contribution in [3.05, 3.63) is 63.2 Å². The minimum atomic E-state index is -0.253. The lowest BCUT2D eigenvalue weighted by atomic mass is 10.1. The number of amides is 1. The lowest BCUT2D eigenvalue weighted by Gasteiger charge is -2.23. The number of aryl methyl sites for hydroxylation is 2. The van der Waals surface area contributed by atoms with Gasteiger partial charge in [0.2, 0.25) is 5.56 Å². The summed E-state index contributed by atoms with van der Waals surface area (Å²) in [4.78, 5) is 30.1. The second-order valence-corrected chi connectivity index (χ2v) is 7.03. The molecule has 0 spiro atoms. The topological polar surface area (TPSA) is 71.0 Å². The zero-order chi connectivity index (χ0) is 18.4. The molecule has 1 aliphatic carbocycles. The number of carbonyl (C=O) groups excluding carboxylic acids is 1. The van der Waals surface area contributed by atoms with Gasteiger partial charge in [0.05, 0.1) is 11.3 Å². The number of aromatic amines is 1. The summed E-state index contributed by atoms with van der Waals surface area (Å²) in [6.07, 6.45) is 2.01. The molecule has 6 heteroatoms. The summed E-state index contributed by atoms with van der Waals surface area (Å²) in [7, 11) is 1.92. The van der Waals surface area contributed by atoms with Crippen LogP contribution in [0.5, 0.6) is 0 Å². The van der Waals surface area contributed by atoms with Crippen LogP contribution in [0.4, 0.5) is 0 Å². The highest BCUT2D eigenvalue weighted by molar-refractivity contribution is 6.06. The van der Waals surface area contributed by atoms with E-state index in [1.807, 2.05) is 54.7 Å². The zero-order valence-electron chi connectivity index (χ0n) is 15.2. The summed E-state index contributed by atoms with van der Waals surface area (Å²) in [5.74, 6) is -0.0857. The van der Waals surface area contributed by atoms with E-state index < -0.39 is 0 Å². The fourth-order valence-electron chi connectivity index (χ4n) is 3.51. The maximum Gasteiger partial charge on any atom is 0.255 e. The van der Waals surface area contributed by atoms with Gasteiger partial charge in [0, 0.05) is 47.9 Å². The number of pyridine rings is 1. The Balaban J connectivity index is 1.77. The van der Waals surface area contributed by atoms with E-state index in [4.69, 9.17) is 0 Å². The zero-order valence-corrected chi connectivity index (χ0v) is 15.2. The van der Waals surface area contributed by atoms with Crippen LogP contribution in [-0.2, 0) is 13.6 Å². The van der Waals surface area contributed by atoms with Gasteiger partial charge >= 0.3 is 0 Å². The van der Waals surface area contributed by atoms with Crippen molar-refractivity contribution in [2.45, 2.75) is 39.3 Å². The van der Waals surface area contributed by atoms with Gasteiger partial charge in [-0.15, -0.1) is 0 Å². The number of aromatic nitrogens is 3. The molecule has 1 fully saturated rings. The molecule has 6 nitrogen and oxygen atoms in total. The third-order valence-electron chi connectivity index (χ3n) is 5.22. The summed E-state index contributed by atoms with van der Waals surface area (Å²) in [5.41, 5.74) is 4.00. The summed E-state index contributed by atoms with van der Waals surface area (Å²) < 4.78 is 1.85. The van der Waals surface area contributed by atoms with Crippen molar-refractivity contribution in [3.8, 4) is 0 Å². The van der Waals surface area contributed by atoms with Gasteiger partial charge in [-0.25, -0.2) is 0 Å². The predicted molar refractivity (Wildman–Crippen MR) is 100 cm³/mol. The van der Waals surface area contributed by atoms with Gasteiger partial charge in [-0.1, -0.05) is 18.2 Å². The number of nitrogens with one attached hydrogen (secondary N) is 1. The fraction of sp³-hybridized carbons (Fsp3) is 0.350. The van der Waals surface area contributed by atoms with Crippen LogP contribution in [0.25, 0.3) is 10.9 Å². The minimum absolute atomic E-state index is 0.0857. The van der Waals surface area contributed by atoms with Gasteiger partial charge < -0.3 is 9.88 Å². The van der Waals surface area contributed by atoms with Crippen LogP contribution in [0.3, 0.4) is 0 Å². The highest BCUT2D eigenvalue weighted by atomic mass is 16.2. The van der Waals surface area contributed by atoms with E-state index in [2.05, 4.69) is 10.1 Å². The molecule has 1 amide bonds. The van der Waals surface area contributed by atoms with Crippen molar-refractivity contribution in [1.82, 2.24) is 19.7 Å². The van der Waals surface area contributed by atoms with Gasteiger partial charge in [0.15, 0.2) is 0 Å². The Labute approximate surface area is 151 Å². The van der Waals surface area contributed by atoms with E-state index in [1.54, 1.807) is 0 Å². The number of hydrogen-bond acceptors (Lipinski definition) is 3. The Morgan fingerprint density at radius 3 is 2.69 bits per heavy atom. The van der Waals surface area contributed by atoms with E-state index in [-0.39, 0.29) is 17.5 Å². The van der Waals surface area contributed by atoms with E-state index >= 15 is 0 Å². The Morgan fingerprint density at radius 2 is 2.04 bits per heavy atom. The summed E-state index contributed by atoms with van der Waals surface area (Å²) in [6, 6.07) is 9.10. The normalized spacial score (nSPS) is 14.0. The molecule has 1 saturated carbocycles. The Morgan fingerprint density at radius 1 is 1.31 bits per heavy atom. The van der Waals surface area contributed by atoms with E-state index in [9.17, 15) is 9.59 Å². The molecule has 1 N–H and O–H groups in total. The van der Waals surface area contributed by atoms with Crippen molar-refractivity contribution in [1.29, 1.82) is 0 Å². The molecule has 134 valence electrons. The molecule has 1 aromatic carbocycles. The maximum atomic E-state index is 13.4. The van der Waals surface area contributed by atoms with Crippen LogP contribution in [0.1, 0.15) is 40.2 Å². The number of hydrogen-bond donors (Lipinski definition) is 1. The van der Waals surface area contributed by atoms with Gasteiger partial charge in [-0.2, -0.15) is 5.10 Å². The highest BCUT2D eigenvalue weighted by Gasteiger charge is 2.34. The molecule has 1 aliphatic rings. The van der Waals surface area contributed by atoms with Crippen LogP contribution < -0.4 is 5.56 Å². The fourth-order valence-corrected chi connectivity index (χ4v) is 3.51. The Kier molecular flexibility index (Phi) is 3.90. The van der Waals surface area contributed by atoms with Crippen LogP contribution >= 0.6 is 0 Å². The molecule has 0 radical (unpaired) electrons. The van der Waals surface area contributed by atoms with E-state index in [0.717, 1.165) is 35.2 Å². The predicted octanol–water partition coefficient (Wildman–Crippen LogP) is 2.68. The monoisotopic (exact) mass is 350 g/mol. The SMILES string of the molecule is Cc1nn(C)c(C)c1CN(C(=O)c1cc(=O)[nH]c2ccccc12)C1CC1. The largest absolute Gasteiger partial charge is 0.331 e. The first-order valence-corrected chi connectivity index (χ1v) is 8.88. The average molecular weight is 350 g/mol. The third-order valence-corrected chi connectivity index (χ3v) is 5.22. The number of carbonyl (C=O) groups is 1. The molecule has 26 heavy (non-hydrogen) atoms. The number of nitrogens with zero attached hydrogens (tertiary/aromatic N) is 3. The number of fused-ring (bicyclic) bond motifs is 1. The molecule has 0 aliphatic heterocycles. The number of H-pyrrole nitrogens is 1. The minimum Gasteiger partial charge on any atom is -0.331 e. The third kappa shape index (κ3) is 2.81. The van der Waals surface area contributed by atoms with Crippen molar-refractivity contribution >= 4 is 16.8 Å². The maximum absolute atomic E-state index is 13.4. The molecular formula is C20H22N4O2. The first kappa shape index (κ1) is 16.6. The van der Waals surface area contributed by atoms with Crippen LogP contribution in [0, 0.1) is 13.8 Å². The van der Waals surface area contributed by atoms with Gasteiger partial charge in [0.25, 0.3) is 5.91 Å². The molecule has 4 rings (SSSR count). The molecule has 3 aromatic rings. The Hall–Kier alpha value is -2.89. The second kappa shape index (κ2) is 6.12. The molecule has 0 unspecified atom stereocenters. The van der Waals surface area contributed by atoms with E-state index in [1.165, 1.54) is 6.07 Å². The standard InChI is InChI=1S/C20H22N4O2/c1-12-17(13(2)23(3)22-12)11-24(14-8-9-14)20(26)16-10-19(25)21-18-7-5-4-6-15(16)18/h4-7,10,14H,8-9,11H2,1-3H3,(H,21,25). The second-order valence-electron chi connectivity index (χ2n) is 7.03. The van der Waals surface area contributed by atoms with Crippen molar-refractivity contribution in [2.24, 2.45) is 7.05 Å². The summed E-state index contributed by atoms with van der Waals surface area (Å²) in [5, 5.41) is 5.24. The molecular weight excluding hydrogens is 328 g/mol. The van der Waals surface area contributed by atoms with Crippen molar-refractivity contribution < 1.29 is 4.79 Å². The lowest BCUT2D eigenvalue weighted by molar-refractivity contribution is 0.0731. The molecule has 0 saturated heterocycles. The molecule has 2 aromatic heterocycles. The first-order chi connectivity index (χ1) is 12.5. The number of para-hydroxylation sites is 1. The van der Waals surface area contributed by atoms with Crippen molar-refractivity contribution in [3.63, 3.8) is 0 Å². The van der Waals surface area contributed by atoms with E-state index in [0.29, 0.717) is 17.6 Å². The van der Waals surface area contributed by atoms with Crippen LogP contribution in [-0.4, -0.2) is 31.6 Å². The molecule has 2 heterocycles. The lowest BCUT2D eigenvalue weighted by Crippen LogP contribution is -2.33. The summed E-state index contributed by atoms with van der Waals surface area (Å²) >= 11 is 0. The van der Waals surface area contributed by atoms with Crippen LogP contribution in [0.2, 0.25) is 0 Å².